The number of carbonyl (C=O) groups is 2. The van der Waals surface area contributed by atoms with Crippen molar-refractivity contribution in [1.82, 2.24) is 10.2 Å². The third kappa shape index (κ3) is 5.49. The van der Waals surface area contributed by atoms with E-state index < -0.39 is 0 Å². The first-order chi connectivity index (χ1) is 11.4. The van der Waals surface area contributed by atoms with Crippen LogP contribution >= 0.6 is 11.6 Å². The van der Waals surface area contributed by atoms with Crippen molar-refractivity contribution < 1.29 is 14.3 Å². The molecule has 24 heavy (non-hydrogen) atoms. The predicted molar refractivity (Wildman–Crippen MR) is 94.0 cm³/mol. The molecule has 132 valence electrons. The van der Waals surface area contributed by atoms with Crippen LogP contribution in [0.15, 0.2) is 24.3 Å². The Labute approximate surface area is 148 Å². The average Bonchev–Trinajstić information content (AvgIpc) is 2.55. The van der Waals surface area contributed by atoms with Gasteiger partial charge in [-0.2, -0.15) is 0 Å². The Balaban J connectivity index is 1.90. The maximum Gasteiger partial charge on any atom is 0.246 e. The Morgan fingerprint density at radius 2 is 2.04 bits per heavy atom. The van der Waals surface area contributed by atoms with Crippen molar-refractivity contribution in [3.63, 3.8) is 0 Å². The quantitative estimate of drug-likeness (QED) is 0.854. The van der Waals surface area contributed by atoms with E-state index in [4.69, 9.17) is 16.3 Å². The number of likely N-dealkylation sites (tertiary alicyclic amines) is 1. The predicted octanol–water partition coefficient (Wildman–Crippen LogP) is 2.27. The van der Waals surface area contributed by atoms with Crippen LogP contribution in [-0.2, 0) is 20.7 Å². The number of carbonyl (C=O) groups excluding carboxylic acids is 2. The zero-order valence-corrected chi connectivity index (χ0v) is 15.1. The highest BCUT2D eigenvalue weighted by atomic mass is 35.5. The van der Waals surface area contributed by atoms with Gasteiger partial charge in [0.25, 0.3) is 0 Å². The average molecular weight is 353 g/mol. The highest BCUT2D eigenvalue weighted by molar-refractivity contribution is 6.30. The van der Waals surface area contributed by atoms with Crippen LogP contribution in [-0.4, -0.2) is 50.1 Å². The second kappa shape index (κ2) is 8.49. The smallest absolute Gasteiger partial charge is 0.246 e. The molecular weight excluding hydrogens is 328 g/mol. The molecule has 1 unspecified atom stereocenters. The van der Waals surface area contributed by atoms with Gasteiger partial charge < -0.3 is 15.0 Å². The molecule has 0 radical (unpaired) electrons. The van der Waals surface area contributed by atoms with Crippen LogP contribution in [0.3, 0.4) is 0 Å². The molecule has 0 aromatic heterocycles. The molecule has 2 rings (SSSR count). The minimum atomic E-state index is -0.122. The van der Waals surface area contributed by atoms with Crippen LogP contribution in [0.2, 0.25) is 5.02 Å². The molecular formula is C18H25ClN2O3. The molecule has 5 nitrogen and oxygen atoms in total. The topological polar surface area (TPSA) is 58.6 Å². The van der Waals surface area contributed by atoms with Gasteiger partial charge in [-0.3, -0.25) is 9.59 Å². The van der Waals surface area contributed by atoms with Gasteiger partial charge in [-0.05, 0) is 30.5 Å². The normalized spacial score (nSPS) is 20.7. The highest BCUT2D eigenvalue weighted by Gasteiger charge is 2.33. The molecule has 2 amide bonds. The van der Waals surface area contributed by atoms with Gasteiger partial charge >= 0.3 is 0 Å². The van der Waals surface area contributed by atoms with Gasteiger partial charge in [0.15, 0.2) is 0 Å². The summed E-state index contributed by atoms with van der Waals surface area (Å²) in [6.45, 7) is 4.16. The highest BCUT2D eigenvalue weighted by Crippen LogP contribution is 2.29. The van der Waals surface area contributed by atoms with Gasteiger partial charge in [-0.25, -0.2) is 0 Å². The summed E-state index contributed by atoms with van der Waals surface area (Å²) in [5.41, 5.74) is 0.863. The molecule has 0 bridgehead atoms. The molecule has 1 atom stereocenters. The third-order valence-electron chi connectivity index (χ3n) is 4.39. The molecule has 1 fully saturated rings. The summed E-state index contributed by atoms with van der Waals surface area (Å²) in [7, 11) is 1.50. The number of amides is 2. The number of benzene rings is 1. The maximum atomic E-state index is 12.6. The van der Waals surface area contributed by atoms with Crippen molar-refractivity contribution in [3.05, 3.63) is 34.9 Å². The first-order valence-corrected chi connectivity index (χ1v) is 8.57. The van der Waals surface area contributed by atoms with Crippen LogP contribution in [0.1, 0.15) is 25.3 Å². The molecule has 1 aromatic rings. The molecule has 1 aliphatic heterocycles. The van der Waals surface area contributed by atoms with Crippen molar-refractivity contribution in [3.8, 4) is 0 Å². The molecule has 1 aromatic carbocycles. The van der Waals surface area contributed by atoms with Crippen molar-refractivity contribution in [2.24, 2.45) is 5.41 Å². The number of ether oxygens (including phenoxy) is 1. The van der Waals surface area contributed by atoms with Crippen LogP contribution in [0.4, 0.5) is 0 Å². The monoisotopic (exact) mass is 352 g/mol. The summed E-state index contributed by atoms with van der Waals surface area (Å²) < 4.78 is 4.82. The van der Waals surface area contributed by atoms with E-state index in [9.17, 15) is 9.59 Å². The largest absolute Gasteiger partial charge is 0.375 e. The SMILES string of the molecule is COCC(=O)NCC1(C)CCCN(C(=O)Cc2ccc(Cl)cc2)C1. The first kappa shape index (κ1) is 18.7. The fourth-order valence-electron chi connectivity index (χ4n) is 3.06. The second-order valence-electron chi connectivity index (χ2n) is 6.74. The number of nitrogens with one attached hydrogen (secondary N) is 1. The van der Waals surface area contributed by atoms with E-state index in [-0.39, 0.29) is 23.8 Å². The van der Waals surface area contributed by atoms with Crippen molar-refractivity contribution in [2.75, 3.05) is 33.4 Å². The fraction of sp³-hybridized carbons (Fsp3) is 0.556. The Morgan fingerprint density at radius 3 is 2.71 bits per heavy atom. The lowest BCUT2D eigenvalue weighted by molar-refractivity contribution is -0.133. The van der Waals surface area contributed by atoms with E-state index in [2.05, 4.69) is 12.2 Å². The Bertz CT molecular complexity index is 576. The molecule has 0 saturated carbocycles. The molecule has 6 heteroatoms. The lowest BCUT2D eigenvalue weighted by atomic mass is 9.81. The zero-order chi connectivity index (χ0) is 17.6. The van der Waals surface area contributed by atoms with E-state index in [1.807, 2.05) is 17.0 Å². The Hall–Kier alpha value is -1.59. The summed E-state index contributed by atoms with van der Waals surface area (Å²) in [5, 5.41) is 3.56. The lowest BCUT2D eigenvalue weighted by Gasteiger charge is -2.40. The third-order valence-corrected chi connectivity index (χ3v) is 4.64. The molecule has 1 saturated heterocycles. The van der Waals surface area contributed by atoms with Crippen LogP contribution in [0.25, 0.3) is 0 Å². The van der Waals surface area contributed by atoms with Crippen molar-refractivity contribution >= 4 is 23.4 Å². The zero-order valence-electron chi connectivity index (χ0n) is 14.3. The molecule has 0 spiro atoms. The van der Waals surface area contributed by atoms with Gasteiger partial charge in [-0.1, -0.05) is 30.7 Å². The summed E-state index contributed by atoms with van der Waals surface area (Å²) in [6, 6.07) is 7.37. The second-order valence-corrected chi connectivity index (χ2v) is 7.18. The van der Waals surface area contributed by atoms with E-state index in [0.29, 0.717) is 24.5 Å². The molecule has 0 aliphatic carbocycles. The molecule has 1 aliphatic rings. The summed E-state index contributed by atoms with van der Waals surface area (Å²) in [4.78, 5) is 26.1. The minimum Gasteiger partial charge on any atom is -0.375 e. The van der Waals surface area contributed by atoms with Crippen molar-refractivity contribution in [2.45, 2.75) is 26.2 Å². The number of hydrogen-bond acceptors (Lipinski definition) is 3. The standard InChI is InChI=1S/C18H25ClN2O3/c1-18(12-20-16(22)11-24-2)8-3-9-21(13-18)17(23)10-14-4-6-15(19)7-5-14/h4-7H,3,8-13H2,1-2H3,(H,20,22). The van der Waals surface area contributed by atoms with E-state index in [0.717, 1.165) is 24.9 Å². The Morgan fingerprint density at radius 1 is 1.33 bits per heavy atom. The van der Waals surface area contributed by atoms with E-state index in [1.165, 1.54) is 7.11 Å². The van der Waals surface area contributed by atoms with E-state index >= 15 is 0 Å². The number of nitrogens with zero attached hydrogens (tertiary/aromatic N) is 1. The number of piperidine rings is 1. The summed E-state index contributed by atoms with van der Waals surface area (Å²) in [6.07, 6.45) is 2.32. The number of rotatable bonds is 6. The molecule has 1 heterocycles. The van der Waals surface area contributed by atoms with Gasteiger partial charge in [0.1, 0.15) is 6.61 Å². The number of methoxy groups -OCH3 is 1. The summed E-state index contributed by atoms with van der Waals surface area (Å²) in [5.74, 6) is -0.00481. The summed E-state index contributed by atoms with van der Waals surface area (Å²) >= 11 is 5.88. The van der Waals surface area contributed by atoms with E-state index in [1.54, 1.807) is 12.1 Å². The lowest BCUT2D eigenvalue weighted by Crippen LogP contribution is -2.50. The number of hydrogen-bond donors (Lipinski definition) is 1. The minimum absolute atomic E-state index is 0.0648. The number of halogens is 1. The first-order valence-electron chi connectivity index (χ1n) is 8.20. The van der Waals surface area contributed by atoms with Crippen molar-refractivity contribution in [1.29, 1.82) is 0 Å². The van der Waals surface area contributed by atoms with Crippen LogP contribution in [0, 0.1) is 5.41 Å². The van der Waals surface area contributed by atoms with Gasteiger partial charge in [0.05, 0.1) is 6.42 Å². The van der Waals surface area contributed by atoms with Gasteiger partial charge in [-0.15, -0.1) is 0 Å². The fourth-order valence-corrected chi connectivity index (χ4v) is 3.18. The van der Waals surface area contributed by atoms with Gasteiger partial charge in [0.2, 0.25) is 11.8 Å². The van der Waals surface area contributed by atoms with Gasteiger partial charge in [0, 0.05) is 37.2 Å². The Kier molecular flexibility index (Phi) is 6.63. The maximum absolute atomic E-state index is 12.6. The molecule has 1 N–H and O–H groups in total. The van der Waals surface area contributed by atoms with Crippen LogP contribution in [0.5, 0.6) is 0 Å². The van der Waals surface area contributed by atoms with Crippen LogP contribution < -0.4 is 5.32 Å².